The Balaban J connectivity index is 1.21. The summed E-state index contributed by atoms with van der Waals surface area (Å²) in [5.41, 5.74) is 8.40. The SMILES string of the molecule is c1ccc(-c2nc(-c3ccccc3)nc(-c3ccc(-n4c5ccccc5c5c(-c6nc7ccccc7s6)cccc54)c4ccccc34)n2)cc1. The molecule has 0 aliphatic heterocycles. The molecule has 0 saturated carbocycles. The molecular weight excluding hydrogens is 631 g/mol. The number of fused-ring (bicyclic) bond motifs is 5. The maximum absolute atomic E-state index is 5.07. The van der Waals surface area contributed by atoms with Gasteiger partial charge in [0.15, 0.2) is 17.5 Å². The quantitative estimate of drug-likeness (QED) is 0.185. The van der Waals surface area contributed by atoms with Gasteiger partial charge in [0.05, 0.1) is 26.9 Å². The van der Waals surface area contributed by atoms with Crippen LogP contribution in [0.5, 0.6) is 0 Å². The van der Waals surface area contributed by atoms with Gasteiger partial charge in [-0.1, -0.05) is 127 Å². The average Bonchev–Trinajstić information content (AvgIpc) is 3.78. The first-order valence-corrected chi connectivity index (χ1v) is 17.4. The molecule has 0 spiro atoms. The normalized spacial score (nSPS) is 11.6. The van der Waals surface area contributed by atoms with Gasteiger partial charge in [-0.05, 0) is 41.8 Å². The van der Waals surface area contributed by atoms with E-state index in [4.69, 9.17) is 19.9 Å². The van der Waals surface area contributed by atoms with Crippen LogP contribution in [0.1, 0.15) is 0 Å². The molecule has 10 aromatic rings. The van der Waals surface area contributed by atoms with Crippen LogP contribution < -0.4 is 0 Å². The molecular formula is C44H27N5S. The Morgan fingerprint density at radius 1 is 0.400 bits per heavy atom. The predicted octanol–water partition coefficient (Wildman–Crippen LogP) is 11.4. The highest BCUT2D eigenvalue weighted by Gasteiger charge is 2.21. The van der Waals surface area contributed by atoms with E-state index in [0.29, 0.717) is 17.5 Å². The molecule has 3 aromatic heterocycles. The Kier molecular flexibility index (Phi) is 6.60. The summed E-state index contributed by atoms with van der Waals surface area (Å²) >= 11 is 1.74. The van der Waals surface area contributed by atoms with Gasteiger partial charge < -0.3 is 4.57 Å². The van der Waals surface area contributed by atoms with E-state index < -0.39 is 0 Å². The minimum absolute atomic E-state index is 0.640. The molecule has 50 heavy (non-hydrogen) atoms. The molecule has 0 radical (unpaired) electrons. The second-order valence-corrected chi connectivity index (χ2v) is 13.3. The average molecular weight is 658 g/mol. The molecule has 7 aromatic carbocycles. The first kappa shape index (κ1) is 28.5. The van der Waals surface area contributed by atoms with Crippen molar-refractivity contribution in [1.82, 2.24) is 24.5 Å². The highest BCUT2D eigenvalue weighted by molar-refractivity contribution is 7.21. The van der Waals surface area contributed by atoms with Gasteiger partial charge in [-0.2, -0.15) is 0 Å². The zero-order valence-electron chi connectivity index (χ0n) is 26.7. The molecule has 0 aliphatic rings. The van der Waals surface area contributed by atoms with Crippen LogP contribution in [0, 0.1) is 0 Å². The third-order valence-electron chi connectivity index (χ3n) is 9.30. The maximum atomic E-state index is 5.07. The lowest BCUT2D eigenvalue weighted by Gasteiger charge is -2.15. The first-order chi connectivity index (χ1) is 24.8. The second kappa shape index (κ2) is 11.6. The van der Waals surface area contributed by atoms with Crippen LogP contribution in [0.15, 0.2) is 164 Å². The van der Waals surface area contributed by atoms with Gasteiger partial charge in [0.1, 0.15) is 5.01 Å². The summed E-state index contributed by atoms with van der Waals surface area (Å²) in [5.74, 6) is 1.93. The van der Waals surface area contributed by atoms with E-state index in [1.165, 1.54) is 15.5 Å². The smallest absolute Gasteiger partial charge is 0.164 e. The van der Waals surface area contributed by atoms with Crippen LogP contribution in [-0.2, 0) is 0 Å². The highest BCUT2D eigenvalue weighted by Crippen LogP contribution is 2.42. The topological polar surface area (TPSA) is 56.5 Å². The van der Waals surface area contributed by atoms with Crippen molar-refractivity contribution in [2.24, 2.45) is 0 Å². The van der Waals surface area contributed by atoms with Gasteiger partial charge >= 0.3 is 0 Å². The van der Waals surface area contributed by atoms with Crippen LogP contribution in [0.2, 0.25) is 0 Å². The van der Waals surface area contributed by atoms with Gasteiger partial charge in [0.2, 0.25) is 0 Å². The van der Waals surface area contributed by atoms with Crippen molar-refractivity contribution >= 4 is 54.1 Å². The van der Waals surface area contributed by atoms with E-state index in [0.717, 1.165) is 60.3 Å². The number of para-hydroxylation sites is 2. The lowest BCUT2D eigenvalue weighted by atomic mass is 10.0. The van der Waals surface area contributed by atoms with Crippen LogP contribution in [0.3, 0.4) is 0 Å². The van der Waals surface area contributed by atoms with E-state index in [1.807, 2.05) is 60.7 Å². The van der Waals surface area contributed by atoms with E-state index in [9.17, 15) is 0 Å². The fraction of sp³-hybridized carbons (Fsp3) is 0. The minimum Gasteiger partial charge on any atom is -0.309 e. The van der Waals surface area contributed by atoms with Crippen molar-refractivity contribution in [3.05, 3.63) is 164 Å². The standard InChI is InChI=1S/C44H27N5S/c1-3-14-28(15-4-1)41-46-42(29-16-5-2-6-17-29)48-43(47-41)32-26-27-37(31-19-8-7-18-30(31)32)49-36-23-11-9-20-33(36)40-34(21-13-24-38(40)49)44-45-35-22-10-12-25-39(35)50-44/h1-27H. The monoisotopic (exact) mass is 657 g/mol. The molecule has 0 fully saturated rings. The zero-order valence-corrected chi connectivity index (χ0v) is 27.5. The van der Waals surface area contributed by atoms with Gasteiger partial charge in [-0.3, -0.25) is 0 Å². The third kappa shape index (κ3) is 4.61. The zero-order chi connectivity index (χ0) is 33.0. The Morgan fingerprint density at radius 2 is 1.00 bits per heavy atom. The van der Waals surface area contributed by atoms with Crippen LogP contribution in [0.4, 0.5) is 0 Å². The summed E-state index contributed by atoms with van der Waals surface area (Å²) in [5, 5.41) is 5.61. The van der Waals surface area contributed by atoms with Gasteiger partial charge in [0, 0.05) is 38.4 Å². The van der Waals surface area contributed by atoms with Crippen molar-refractivity contribution in [3.63, 3.8) is 0 Å². The fourth-order valence-electron chi connectivity index (χ4n) is 7.05. The van der Waals surface area contributed by atoms with Crippen molar-refractivity contribution in [2.75, 3.05) is 0 Å². The summed E-state index contributed by atoms with van der Waals surface area (Å²) in [6, 6.07) is 56.8. The Labute approximate surface area is 291 Å². The Bertz CT molecular complexity index is 2780. The van der Waals surface area contributed by atoms with Gasteiger partial charge in [0.25, 0.3) is 0 Å². The van der Waals surface area contributed by atoms with Gasteiger partial charge in [-0.25, -0.2) is 19.9 Å². The molecule has 0 unspecified atom stereocenters. The van der Waals surface area contributed by atoms with Crippen molar-refractivity contribution in [3.8, 4) is 50.4 Å². The van der Waals surface area contributed by atoms with E-state index in [1.54, 1.807) is 11.3 Å². The second-order valence-electron chi connectivity index (χ2n) is 12.3. The van der Waals surface area contributed by atoms with Crippen LogP contribution in [-0.4, -0.2) is 24.5 Å². The van der Waals surface area contributed by atoms with Crippen LogP contribution in [0.25, 0.3) is 93.2 Å². The molecule has 0 aliphatic carbocycles. The van der Waals surface area contributed by atoms with E-state index in [-0.39, 0.29) is 0 Å². The molecule has 0 N–H and O–H groups in total. The Hall–Kier alpha value is -6.50. The molecule has 0 saturated heterocycles. The first-order valence-electron chi connectivity index (χ1n) is 16.6. The minimum atomic E-state index is 0.640. The van der Waals surface area contributed by atoms with Crippen LogP contribution >= 0.6 is 11.3 Å². The highest BCUT2D eigenvalue weighted by atomic mass is 32.1. The lowest BCUT2D eigenvalue weighted by molar-refractivity contribution is 1.08. The summed E-state index contributed by atoms with van der Waals surface area (Å²) < 4.78 is 3.58. The summed E-state index contributed by atoms with van der Waals surface area (Å²) in [6.07, 6.45) is 0. The number of thiazole rings is 1. The molecule has 234 valence electrons. The van der Waals surface area contributed by atoms with E-state index >= 15 is 0 Å². The Morgan fingerprint density at radius 3 is 1.74 bits per heavy atom. The summed E-state index contributed by atoms with van der Waals surface area (Å²) in [6.45, 7) is 0. The largest absolute Gasteiger partial charge is 0.309 e. The van der Waals surface area contributed by atoms with Gasteiger partial charge in [-0.15, -0.1) is 11.3 Å². The molecule has 5 nitrogen and oxygen atoms in total. The van der Waals surface area contributed by atoms with Crippen molar-refractivity contribution in [2.45, 2.75) is 0 Å². The fourth-order valence-corrected chi connectivity index (χ4v) is 8.04. The number of hydrogen-bond donors (Lipinski definition) is 0. The molecule has 0 amide bonds. The summed E-state index contributed by atoms with van der Waals surface area (Å²) in [4.78, 5) is 20.1. The maximum Gasteiger partial charge on any atom is 0.164 e. The van der Waals surface area contributed by atoms with Crippen molar-refractivity contribution in [1.29, 1.82) is 0 Å². The molecule has 0 atom stereocenters. The molecule has 10 rings (SSSR count). The predicted molar refractivity (Wildman–Crippen MR) is 207 cm³/mol. The number of rotatable bonds is 5. The summed E-state index contributed by atoms with van der Waals surface area (Å²) in [7, 11) is 0. The number of aromatic nitrogens is 5. The number of hydrogen-bond acceptors (Lipinski definition) is 5. The third-order valence-corrected chi connectivity index (χ3v) is 10.4. The van der Waals surface area contributed by atoms with Crippen molar-refractivity contribution < 1.29 is 0 Å². The number of benzene rings is 7. The molecule has 0 bridgehead atoms. The number of nitrogens with zero attached hydrogens (tertiary/aromatic N) is 5. The molecule has 3 heterocycles. The molecule has 6 heteroatoms. The lowest BCUT2D eigenvalue weighted by Crippen LogP contribution is -2.01. The van der Waals surface area contributed by atoms with E-state index in [2.05, 4.69) is 108 Å².